The summed E-state index contributed by atoms with van der Waals surface area (Å²) in [6, 6.07) is 9.77. The fourth-order valence-electron chi connectivity index (χ4n) is 8.64. The Bertz CT molecular complexity index is 2780. The van der Waals surface area contributed by atoms with Gasteiger partial charge in [-0.15, -0.1) is 0 Å². The second-order valence-electron chi connectivity index (χ2n) is 20.7. The van der Waals surface area contributed by atoms with E-state index in [9.17, 15) is 53.7 Å². The average Bonchev–Trinajstić information content (AvgIpc) is 3.81. The van der Waals surface area contributed by atoms with E-state index < -0.39 is 123 Å². The molecule has 0 aliphatic carbocycles. The van der Waals surface area contributed by atoms with Crippen molar-refractivity contribution < 1.29 is 58.5 Å². The minimum atomic E-state index is -1.63. The van der Waals surface area contributed by atoms with Gasteiger partial charge in [-0.25, -0.2) is 4.79 Å². The van der Waals surface area contributed by atoms with Crippen molar-refractivity contribution in [2.75, 3.05) is 6.54 Å². The van der Waals surface area contributed by atoms with E-state index in [1.807, 2.05) is 18.2 Å². The Morgan fingerprint density at radius 3 is 1.78 bits per heavy atom. The molecule has 0 radical (unpaired) electrons. The maximum Gasteiger partial charge on any atom is 0.326 e. The van der Waals surface area contributed by atoms with E-state index in [0.29, 0.717) is 29.5 Å². The molecule has 8 unspecified atom stereocenters. The van der Waals surface area contributed by atoms with Gasteiger partial charge in [0.05, 0.1) is 12.5 Å². The lowest BCUT2D eigenvalue weighted by molar-refractivity contribution is -0.143. The molecular formula is C54H72N10O12S2. The van der Waals surface area contributed by atoms with E-state index >= 15 is 4.79 Å². The molecule has 0 saturated carbocycles. The van der Waals surface area contributed by atoms with E-state index in [1.54, 1.807) is 84.1 Å². The van der Waals surface area contributed by atoms with E-state index in [-0.39, 0.29) is 38.0 Å². The van der Waals surface area contributed by atoms with Gasteiger partial charge in [0.15, 0.2) is 0 Å². The zero-order chi connectivity index (χ0) is 57.5. The zero-order valence-corrected chi connectivity index (χ0v) is 46.1. The van der Waals surface area contributed by atoms with Crippen LogP contribution in [0.4, 0.5) is 0 Å². The summed E-state index contributed by atoms with van der Waals surface area (Å²) in [5.74, 6) is -9.70. The van der Waals surface area contributed by atoms with Gasteiger partial charge in [0.2, 0.25) is 41.4 Å². The molecule has 24 heteroatoms. The molecule has 4 aromatic rings. The summed E-state index contributed by atoms with van der Waals surface area (Å²) in [5.41, 5.74) is 14.3. The Morgan fingerprint density at radius 1 is 0.667 bits per heavy atom. The molecule has 8 atom stereocenters. The number of nitrogens with two attached hydrogens (primary N) is 2. The first-order valence-corrected chi connectivity index (χ1v) is 27.7. The van der Waals surface area contributed by atoms with Crippen molar-refractivity contribution in [3.63, 3.8) is 0 Å². The lowest BCUT2D eigenvalue weighted by Crippen LogP contribution is -2.64. The molecule has 422 valence electrons. The molecule has 1 aromatic heterocycles. The second kappa shape index (κ2) is 27.9. The number of nitrogens with one attached hydrogen (secondary N) is 8. The smallest absolute Gasteiger partial charge is 0.326 e. The molecule has 1 aliphatic heterocycles. The largest absolute Gasteiger partial charge is 0.508 e. The fourth-order valence-corrected chi connectivity index (χ4v) is 11.5. The van der Waals surface area contributed by atoms with Gasteiger partial charge in [0.1, 0.15) is 48.0 Å². The third kappa shape index (κ3) is 17.4. The van der Waals surface area contributed by atoms with Gasteiger partial charge in [-0.05, 0) is 94.3 Å². The number of aromatic hydroxyl groups is 1. The number of phenolic OH excluding ortho intramolecular Hbond substituents is 1. The monoisotopic (exact) mass is 1120 g/mol. The van der Waals surface area contributed by atoms with E-state index in [1.165, 1.54) is 24.3 Å². The molecule has 22 nitrogen and oxygen atoms in total. The summed E-state index contributed by atoms with van der Waals surface area (Å²) in [4.78, 5) is 130. The van der Waals surface area contributed by atoms with Crippen molar-refractivity contribution in [3.8, 4) is 5.75 Å². The number of para-hydroxylation sites is 1. The highest BCUT2D eigenvalue weighted by molar-refractivity contribution is 8.77. The number of carboxylic acid groups (broad SMARTS) is 2. The van der Waals surface area contributed by atoms with Crippen molar-refractivity contribution in [1.29, 1.82) is 0 Å². The molecule has 3 aromatic carbocycles. The number of aromatic nitrogens is 1. The number of unbranched alkanes of at least 4 members (excludes halogenated alkanes) is 1. The number of rotatable bonds is 18. The normalized spacial score (nSPS) is 22.3. The standard InChI is InChI=1S/C54H72N10O12S2/c1-29(2)42(52(75)76)62-51(74)44-54(5,6)78-77-53(3,4)43(63-45(68)35(56)27-41(66)67)50(73)61-38(24-30-14-8-7-9-15-30)47(70)60-40(26-32-28-57-36-17-11-10-16-34(32)36)48(71)58-37(18-12-13-23-55)46(69)59-39(49(72)64-44)25-31-19-21-33(65)22-20-31/h7-11,14-17,19-22,28-29,35,37-40,42-44,57,65H,12-13,18,23-27,55-56H2,1-6H3,(H,58,71)(H,59,69)(H,60,70)(H,61,73)(H,62,74)(H,63,68)(H,64,72)(H,66,67)(H,75,76). The molecule has 2 heterocycles. The first-order valence-electron chi connectivity index (χ1n) is 25.6. The topological polar surface area (TPSA) is 366 Å². The van der Waals surface area contributed by atoms with Crippen LogP contribution in [0.15, 0.2) is 85.1 Å². The number of amides is 7. The number of hydrogen-bond acceptors (Lipinski definition) is 14. The Labute approximate surface area is 460 Å². The van der Waals surface area contributed by atoms with Crippen LogP contribution in [0.1, 0.15) is 83.9 Å². The Hall–Kier alpha value is -7.15. The molecule has 1 saturated heterocycles. The highest BCUT2D eigenvalue weighted by Gasteiger charge is 2.46. The second-order valence-corrected chi connectivity index (χ2v) is 24.1. The molecular weight excluding hydrogens is 1040 g/mol. The summed E-state index contributed by atoms with van der Waals surface area (Å²) in [6.45, 7) is 9.67. The Morgan fingerprint density at radius 2 is 1.19 bits per heavy atom. The SMILES string of the molecule is CC(C)C(NC(=O)C1NC(=O)C(Cc2ccc(O)cc2)NC(=O)C(CCCCN)NC(=O)C(Cc2c[nH]c3ccccc23)NC(=O)C(Cc2ccccc2)NC(=O)C(NC(=O)C(N)CC(=O)O)C(C)(C)SSC1(C)C)C(=O)O. The van der Waals surface area contributed by atoms with Gasteiger partial charge in [0, 0.05) is 45.9 Å². The van der Waals surface area contributed by atoms with Crippen molar-refractivity contribution in [2.24, 2.45) is 17.4 Å². The number of carboxylic acids is 2. The highest BCUT2D eigenvalue weighted by Crippen LogP contribution is 2.47. The number of aliphatic carboxylic acids is 2. The maximum absolute atomic E-state index is 15.0. The third-order valence-electron chi connectivity index (χ3n) is 13.2. The molecule has 7 amide bonds. The first kappa shape index (κ1) is 61.7. The minimum absolute atomic E-state index is 0.0134. The van der Waals surface area contributed by atoms with Gasteiger partial charge in [-0.3, -0.25) is 38.4 Å². The number of H-pyrrole nitrogens is 1. The van der Waals surface area contributed by atoms with Gasteiger partial charge in [-0.1, -0.05) is 96.1 Å². The van der Waals surface area contributed by atoms with Crippen LogP contribution in [0.3, 0.4) is 0 Å². The van der Waals surface area contributed by atoms with Crippen molar-refractivity contribution in [3.05, 3.63) is 102 Å². The van der Waals surface area contributed by atoms with Crippen LogP contribution in [0.5, 0.6) is 5.75 Å². The van der Waals surface area contributed by atoms with Gasteiger partial charge >= 0.3 is 11.9 Å². The first-order chi connectivity index (χ1) is 36.8. The minimum Gasteiger partial charge on any atom is -0.508 e. The number of benzene rings is 3. The number of aromatic amines is 1. The summed E-state index contributed by atoms with van der Waals surface area (Å²) in [6.07, 6.45) is 1.18. The summed E-state index contributed by atoms with van der Waals surface area (Å²) >= 11 is 0. The Kier molecular flexibility index (Phi) is 22.1. The van der Waals surface area contributed by atoms with Crippen LogP contribution in [0.2, 0.25) is 0 Å². The van der Waals surface area contributed by atoms with E-state index in [0.717, 1.165) is 32.5 Å². The molecule has 15 N–H and O–H groups in total. The fraction of sp³-hybridized carbons (Fsp3) is 0.463. The number of hydrogen-bond donors (Lipinski definition) is 13. The highest BCUT2D eigenvalue weighted by atomic mass is 33.1. The molecule has 1 aliphatic rings. The van der Waals surface area contributed by atoms with E-state index in [2.05, 4.69) is 42.2 Å². The number of fused-ring (bicyclic) bond motifs is 1. The van der Waals surface area contributed by atoms with Crippen molar-refractivity contribution >= 4 is 85.8 Å². The van der Waals surface area contributed by atoms with Crippen LogP contribution in [0.25, 0.3) is 10.9 Å². The van der Waals surface area contributed by atoms with Crippen LogP contribution in [-0.2, 0) is 62.4 Å². The van der Waals surface area contributed by atoms with Gasteiger partial charge in [0.25, 0.3) is 0 Å². The quantitative estimate of drug-likeness (QED) is 0.0500. The third-order valence-corrected chi connectivity index (χ3v) is 17.4. The molecule has 5 rings (SSSR count). The van der Waals surface area contributed by atoms with Crippen molar-refractivity contribution in [1.82, 2.24) is 42.2 Å². The zero-order valence-electron chi connectivity index (χ0n) is 44.4. The number of carbonyl (C=O) groups excluding carboxylic acids is 7. The molecule has 78 heavy (non-hydrogen) atoms. The summed E-state index contributed by atoms with van der Waals surface area (Å²) in [7, 11) is 1.95. The predicted molar refractivity (Wildman–Crippen MR) is 296 cm³/mol. The summed E-state index contributed by atoms with van der Waals surface area (Å²) < 4.78 is -2.91. The average molecular weight is 1120 g/mol. The van der Waals surface area contributed by atoms with Gasteiger partial charge in [-0.2, -0.15) is 0 Å². The molecule has 0 spiro atoms. The summed E-state index contributed by atoms with van der Waals surface area (Å²) in [5, 5.41) is 49.6. The van der Waals surface area contributed by atoms with Crippen LogP contribution in [-0.4, -0.2) is 138 Å². The molecule has 0 bridgehead atoms. The maximum atomic E-state index is 15.0. The molecule has 1 fully saturated rings. The van der Waals surface area contributed by atoms with Crippen molar-refractivity contribution in [2.45, 2.75) is 144 Å². The number of carbonyl (C=O) groups is 9. The lowest BCUT2D eigenvalue weighted by atomic mass is 9.98. The lowest BCUT2D eigenvalue weighted by Gasteiger charge is -2.39. The Balaban J connectivity index is 1.71. The number of phenols is 1. The van der Waals surface area contributed by atoms with Crippen LogP contribution in [0, 0.1) is 5.92 Å². The van der Waals surface area contributed by atoms with Gasteiger partial charge < -0.3 is 69.0 Å². The van der Waals surface area contributed by atoms with E-state index in [4.69, 9.17) is 11.5 Å². The predicted octanol–water partition coefficient (Wildman–Crippen LogP) is 1.92. The van der Waals surface area contributed by atoms with Crippen LogP contribution < -0.4 is 48.7 Å². The van der Waals surface area contributed by atoms with Crippen LogP contribution >= 0.6 is 21.6 Å².